The van der Waals surface area contributed by atoms with Crippen molar-refractivity contribution in [1.29, 1.82) is 0 Å². The zero-order valence-electron chi connectivity index (χ0n) is 10.1. The summed E-state index contributed by atoms with van der Waals surface area (Å²) in [6, 6.07) is 0. The summed E-state index contributed by atoms with van der Waals surface area (Å²) in [7, 11) is -3.40. The normalized spacial score (nSPS) is 16.7. The monoisotopic (exact) mass is 237 g/mol. The number of nitrogens with zero attached hydrogens (tertiary/aromatic N) is 1. The van der Waals surface area contributed by atoms with Gasteiger partial charge in [0.2, 0.25) is 0 Å². The Kier molecular flexibility index (Phi) is 5.72. The van der Waals surface area contributed by atoms with E-state index in [0.717, 1.165) is 0 Å². The van der Waals surface area contributed by atoms with Gasteiger partial charge in [0.25, 0.3) is 10.2 Å². The van der Waals surface area contributed by atoms with Crippen molar-refractivity contribution in [1.82, 2.24) is 9.03 Å². The summed E-state index contributed by atoms with van der Waals surface area (Å²) in [5, 5.41) is 0. The van der Waals surface area contributed by atoms with Gasteiger partial charge in [0, 0.05) is 25.2 Å². The summed E-state index contributed by atoms with van der Waals surface area (Å²) in [5.74, 6) is 0. The van der Waals surface area contributed by atoms with Gasteiger partial charge >= 0.3 is 0 Å². The molecular weight excluding hydrogens is 214 g/mol. The molecule has 0 heterocycles. The van der Waals surface area contributed by atoms with Gasteiger partial charge in [-0.15, -0.1) is 0 Å². The lowest BCUT2D eigenvalue weighted by molar-refractivity contribution is 0.374. The Morgan fingerprint density at radius 3 is 2.00 bits per heavy atom. The summed E-state index contributed by atoms with van der Waals surface area (Å²) in [5.41, 5.74) is 5.01. The van der Waals surface area contributed by atoms with E-state index >= 15 is 0 Å². The SMILES string of the molecule is CCN(CC)S(=O)(=O)NC(C)(CC)CN. The van der Waals surface area contributed by atoms with Crippen molar-refractivity contribution in [3.05, 3.63) is 0 Å². The predicted octanol–water partition coefficient (Wildman–Crippen LogP) is 0.290. The first-order valence-electron chi connectivity index (χ1n) is 5.34. The third-order valence-corrected chi connectivity index (χ3v) is 4.60. The van der Waals surface area contributed by atoms with Gasteiger partial charge in [-0.3, -0.25) is 0 Å². The van der Waals surface area contributed by atoms with Crippen molar-refractivity contribution in [3.63, 3.8) is 0 Å². The molecule has 5 nitrogen and oxygen atoms in total. The molecule has 3 N–H and O–H groups in total. The topological polar surface area (TPSA) is 75.4 Å². The Morgan fingerprint density at radius 1 is 1.27 bits per heavy atom. The smallest absolute Gasteiger partial charge is 0.279 e. The second-order valence-corrected chi connectivity index (χ2v) is 5.48. The highest BCUT2D eigenvalue weighted by Gasteiger charge is 2.29. The predicted molar refractivity (Wildman–Crippen MR) is 62.7 cm³/mol. The van der Waals surface area contributed by atoms with Crippen molar-refractivity contribution in [2.45, 2.75) is 39.7 Å². The first kappa shape index (κ1) is 14.8. The van der Waals surface area contributed by atoms with Crippen LogP contribution in [0.3, 0.4) is 0 Å². The maximum absolute atomic E-state index is 11.9. The number of hydrogen-bond donors (Lipinski definition) is 2. The van der Waals surface area contributed by atoms with Crippen LogP contribution >= 0.6 is 0 Å². The fourth-order valence-electron chi connectivity index (χ4n) is 1.20. The van der Waals surface area contributed by atoms with Gasteiger partial charge in [-0.25, -0.2) is 0 Å². The van der Waals surface area contributed by atoms with Crippen LogP contribution in [-0.2, 0) is 10.2 Å². The van der Waals surface area contributed by atoms with Crippen LogP contribution in [-0.4, -0.2) is 37.9 Å². The van der Waals surface area contributed by atoms with Crippen molar-refractivity contribution in [2.24, 2.45) is 5.73 Å². The number of rotatable bonds is 7. The number of hydrogen-bond acceptors (Lipinski definition) is 3. The number of nitrogens with one attached hydrogen (secondary N) is 1. The van der Waals surface area contributed by atoms with E-state index in [1.807, 2.05) is 27.7 Å². The summed E-state index contributed by atoms with van der Waals surface area (Å²) >= 11 is 0. The highest BCUT2D eigenvalue weighted by Crippen LogP contribution is 2.10. The Labute approximate surface area is 93.2 Å². The molecule has 1 unspecified atom stereocenters. The largest absolute Gasteiger partial charge is 0.329 e. The summed E-state index contributed by atoms with van der Waals surface area (Å²) in [6.07, 6.45) is 0.671. The van der Waals surface area contributed by atoms with Gasteiger partial charge < -0.3 is 5.73 Å². The van der Waals surface area contributed by atoms with Crippen LogP contribution in [0.2, 0.25) is 0 Å². The molecular formula is C9H23N3O2S. The van der Waals surface area contributed by atoms with E-state index in [-0.39, 0.29) is 0 Å². The molecule has 0 bridgehead atoms. The van der Waals surface area contributed by atoms with Crippen LogP contribution < -0.4 is 10.5 Å². The average Bonchev–Trinajstić information content (AvgIpc) is 2.18. The van der Waals surface area contributed by atoms with E-state index in [1.165, 1.54) is 4.31 Å². The molecule has 0 aromatic carbocycles. The van der Waals surface area contributed by atoms with Crippen molar-refractivity contribution in [2.75, 3.05) is 19.6 Å². The van der Waals surface area contributed by atoms with Crippen LogP contribution in [0.15, 0.2) is 0 Å². The van der Waals surface area contributed by atoms with Crippen LogP contribution in [0.5, 0.6) is 0 Å². The van der Waals surface area contributed by atoms with Gasteiger partial charge in [0.1, 0.15) is 0 Å². The van der Waals surface area contributed by atoms with Crippen molar-refractivity contribution < 1.29 is 8.42 Å². The minimum absolute atomic E-state index is 0.296. The van der Waals surface area contributed by atoms with E-state index in [1.54, 1.807) is 0 Å². The molecule has 15 heavy (non-hydrogen) atoms. The molecule has 0 aromatic heterocycles. The van der Waals surface area contributed by atoms with Gasteiger partial charge in [-0.1, -0.05) is 20.8 Å². The third kappa shape index (κ3) is 4.06. The minimum atomic E-state index is -3.40. The third-order valence-electron chi connectivity index (χ3n) is 2.65. The summed E-state index contributed by atoms with van der Waals surface area (Å²) in [4.78, 5) is 0. The lowest BCUT2D eigenvalue weighted by Crippen LogP contribution is -2.55. The first-order chi connectivity index (χ1) is 6.85. The molecule has 0 fully saturated rings. The van der Waals surface area contributed by atoms with E-state index in [0.29, 0.717) is 26.1 Å². The molecule has 1 atom stereocenters. The Hall–Kier alpha value is -0.170. The van der Waals surface area contributed by atoms with Crippen LogP contribution in [0.25, 0.3) is 0 Å². The maximum Gasteiger partial charge on any atom is 0.279 e. The first-order valence-corrected chi connectivity index (χ1v) is 6.78. The minimum Gasteiger partial charge on any atom is -0.329 e. The lowest BCUT2D eigenvalue weighted by Gasteiger charge is -2.30. The molecule has 0 radical (unpaired) electrons. The Morgan fingerprint density at radius 2 is 1.73 bits per heavy atom. The van der Waals surface area contributed by atoms with Crippen LogP contribution in [0, 0.1) is 0 Å². The molecule has 0 aliphatic heterocycles. The average molecular weight is 237 g/mol. The van der Waals surface area contributed by atoms with E-state index in [9.17, 15) is 8.42 Å². The fraction of sp³-hybridized carbons (Fsp3) is 1.00. The van der Waals surface area contributed by atoms with Crippen molar-refractivity contribution >= 4 is 10.2 Å². The molecule has 0 spiro atoms. The van der Waals surface area contributed by atoms with Crippen LogP contribution in [0.1, 0.15) is 34.1 Å². The van der Waals surface area contributed by atoms with E-state index in [2.05, 4.69) is 4.72 Å². The van der Waals surface area contributed by atoms with E-state index in [4.69, 9.17) is 5.73 Å². The van der Waals surface area contributed by atoms with Crippen molar-refractivity contribution in [3.8, 4) is 0 Å². The highest BCUT2D eigenvalue weighted by molar-refractivity contribution is 7.87. The van der Waals surface area contributed by atoms with Gasteiger partial charge in [0.15, 0.2) is 0 Å². The molecule has 0 aromatic rings. The fourth-order valence-corrected chi connectivity index (χ4v) is 2.86. The molecule has 0 rings (SSSR count). The summed E-state index contributed by atoms with van der Waals surface area (Å²) < 4.78 is 27.8. The lowest BCUT2D eigenvalue weighted by atomic mass is 10.0. The van der Waals surface area contributed by atoms with Gasteiger partial charge in [-0.05, 0) is 13.3 Å². The molecule has 0 amide bonds. The second-order valence-electron chi connectivity index (χ2n) is 3.81. The molecule has 92 valence electrons. The van der Waals surface area contributed by atoms with Crippen LogP contribution in [0.4, 0.5) is 0 Å². The maximum atomic E-state index is 11.9. The Bertz CT molecular complexity index is 269. The zero-order chi connectivity index (χ0) is 12.1. The molecule has 6 heteroatoms. The highest BCUT2D eigenvalue weighted by atomic mass is 32.2. The van der Waals surface area contributed by atoms with Gasteiger partial charge in [0.05, 0.1) is 0 Å². The standard InChI is InChI=1S/C9H23N3O2S/c1-5-9(4,8-10)11-15(13,14)12(6-2)7-3/h11H,5-8,10H2,1-4H3. The molecule has 0 aliphatic rings. The van der Waals surface area contributed by atoms with E-state index < -0.39 is 15.7 Å². The zero-order valence-corrected chi connectivity index (χ0v) is 10.9. The second kappa shape index (κ2) is 5.79. The number of nitrogens with two attached hydrogens (primary N) is 1. The molecule has 0 saturated carbocycles. The Balaban J connectivity index is 4.76. The molecule has 0 saturated heterocycles. The molecule has 0 aliphatic carbocycles. The quantitative estimate of drug-likeness (QED) is 0.668. The van der Waals surface area contributed by atoms with Gasteiger partial charge in [-0.2, -0.15) is 17.4 Å². The summed E-state index contributed by atoms with van der Waals surface area (Å²) in [6.45, 7) is 8.59.